The van der Waals surface area contributed by atoms with Gasteiger partial charge < -0.3 is 5.11 Å². The predicted molar refractivity (Wildman–Crippen MR) is 54.7 cm³/mol. The molecule has 2 rings (SSSR count). The van der Waals surface area contributed by atoms with Crippen LogP contribution in [0.3, 0.4) is 0 Å². The fourth-order valence-corrected chi connectivity index (χ4v) is 1.95. The van der Waals surface area contributed by atoms with Crippen molar-refractivity contribution in [1.82, 2.24) is 9.88 Å². The third kappa shape index (κ3) is 2.30. The molecule has 1 aliphatic rings. The zero-order valence-electron chi connectivity index (χ0n) is 8.26. The Bertz CT molecular complexity index is 276. The van der Waals surface area contributed by atoms with E-state index >= 15 is 0 Å². The molecule has 1 atom stereocenters. The van der Waals surface area contributed by atoms with E-state index in [4.69, 9.17) is 5.11 Å². The van der Waals surface area contributed by atoms with Crippen molar-refractivity contribution in [1.29, 1.82) is 0 Å². The van der Waals surface area contributed by atoms with Crippen LogP contribution in [-0.2, 0) is 6.54 Å². The molecular formula is C11H16N2O. The summed E-state index contributed by atoms with van der Waals surface area (Å²) in [6, 6.07) is 4.10. The molecule has 0 amide bonds. The summed E-state index contributed by atoms with van der Waals surface area (Å²) in [6.45, 7) is 3.44. The molecule has 0 bridgehead atoms. The zero-order valence-corrected chi connectivity index (χ0v) is 8.26. The molecule has 3 nitrogen and oxygen atoms in total. The molecule has 0 saturated carbocycles. The van der Waals surface area contributed by atoms with E-state index in [1.807, 2.05) is 24.5 Å². The van der Waals surface area contributed by atoms with Crippen LogP contribution in [0.4, 0.5) is 0 Å². The normalized spacial score (nSPS) is 22.8. The first-order chi connectivity index (χ1) is 6.88. The minimum Gasteiger partial charge on any atom is -0.396 e. The molecular weight excluding hydrogens is 176 g/mol. The highest BCUT2D eigenvalue weighted by molar-refractivity contribution is 5.09. The highest BCUT2D eigenvalue weighted by Crippen LogP contribution is 2.17. The number of hydrogen-bond donors (Lipinski definition) is 1. The number of nitrogens with zero attached hydrogens (tertiary/aromatic N) is 2. The van der Waals surface area contributed by atoms with Crippen LogP contribution in [0.1, 0.15) is 12.0 Å². The van der Waals surface area contributed by atoms with E-state index < -0.39 is 0 Å². The fraction of sp³-hybridized carbons (Fsp3) is 0.545. The average Bonchev–Trinajstić information content (AvgIpc) is 2.67. The SMILES string of the molecule is OCC1CCN(Cc2ccncc2)C1. The van der Waals surface area contributed by atoms with Gasteiger partial charge in [0.25, 0.3) is 0 Å². The number of rotatable bonds is 3. The van der Waals surface area contributed by atoms with Crippen molar-refractivity contribution in [3.05, 3.63) is 30.1 Å². The van der Waals surface area contributed by atoms with Crippen LogP contribution in [-0.4, -0.2) is 34.7 Å². The fourth-order valence-electron chi connectivity index (χ4n) is 1.95. The molecule has 1 unspecified atom stereocenters. The van der Waals surface area contributed by atoms with Crippen LogP contribution in [0.5, 0.6) is 0 Å². The van der Waals surface area contributed by atoms with Crippen molar-refractivity contribution < 1.29 is 5.11 Å². The van der Waals surface area contributed by atoms with Crippen LogP contribution in [0.25, 0.3) is 0 Å². The van der Waals surface area contributed by atoms with Crippen LogP contribution < -0.4 is 0 Å². The summed E-state index contributed by atoms with van der Waals surface area (Å²) in [7, 11) is 0. The van der Waals surface area contributed by atoms with Crippen LogP contribution in [0.2, 0.25) is 0 Å². The standard InChI is InChI=1S/C11H16N2O/c14-9-11-3-6-13(8-11)7-10-1-4-12-5-2-10/h1-2,4-5,11,14H,3,6-9H2. The van der Waals surface area contributed by atoms with Crippen molar-refractivity contribution in [2.24, 2.45) is 5.92 Å². The first-order valence-electron chi connectivity index (χ1n) is 5.10. The van der Waals surface area contributed by atoms with Gasteiger partial charge >= 0.3 is 0 Å². The Hall–Kier alpha value is -0.930. The van der Waals surface area contributed by atoms with Crippen molar-refractivity contribution in [3.8, 4) is 0 Å². The Kier molecular flexibility index (Phi) is 3.11. The van der Waals surface area contributed by atoms with Crippen LogP contribution in [0.15, 0.2) is 24.5 Å². The summed E-state index contributed by atoms with van der Waals surface area (Å²) in [5.41, 5.74) is 1.30. The van der Waals surface area contributed by atoms with Gasteiger partial charge in [-0.25, -0.2) is 0 Å². The minimum absolute atomic E-state index is 0.326. The lowest BCUT2D eigenvalue weighted by atomic mass is 10.1. The Morgan fingerprint density at radius 2 is 2.21 bits per heavy atom. The molecule has 76 valence electrons. The van der Waals surface area contributed by atoms with Gasteiger partial charge in [0.1, 0.15) is 0 Å². The van der Waals surface area contributed by atoms with Gasteiger partial charge in [0, 0.05) is 32.1 Å². The van der Waals surface area contributed by atoms with Crippen LogP contribution in [0, 0.1) is 5.92 Å². The monoisotopic (exact) mass is 192 g/mol. The Labute approximate surface area is 84.4 Å². The third-order valence-electron chi connectivity index (χ3n) is 2.78. The number of pyridine rings is 1. The van der Waals surface area contributed by atoms with Gasteiger partial charge in [0.15, 0.2) is 0 Å². The molecule has 1 saturated heterocycles. The third-order valence-corrected chi connectivity index (χ3v) is 2.78. The van der Waals surface area contributed by atoms with E-state index in [0.29, 0.717) is 12.5 Å². The van der Waals surface area contributed by atoms with Gasteiger partial charge in [-0.3, -0.25) is 9.88 Å². The topological polar surface area (TPSA) is 36.4 Å². The number of hydrogen-bond acceptors (Lipinski definition) is 3. The molecule has 0 aliphatic carbocycles. The largest absolute Gasteiger partial charge is 0.396 e. The second kappa shape index (κ2) is 4.53. The summed E-state index contributed by atoms with van der Waals surface area (Å²) in [6.07, 6.45) is 4.78. The first kappa shape index (κ1) is 9.62. The molecule has 1 aromatic heterocycles. The minimum atomic E-state index is 0.326. The van der Waals surface area contributed by atoms with Crippen molar-refractivity contribution in [2.45, 2.75) is 13.0 Å². The van der Waals surface area contributed by atoms with Crippen molar-refractivity contribution in [2.75, 3.05) is 19.7 Å². The molecule has 0 aromatic carbocycles. The summed E-state index contributed by atoms with van der Waals surface area (Å²) < 4.78 is 0. The van der Waals surface area contributed by atoms with Crippen LogP contribution >= 0.6 is 0 Å². The maximum absolute atomic E-state index is 9.01. The van der Waals surface area contributed by atoms with Gasteiger partial charge in [0.05, 0.1) is 0 Å². The van der Waals surface area contributed by atoms with Gasteiger partial charge in [0.2, 0.25) is 0 Å². The summed E-state index contributed by atoms with van der Waals surface area (Å²) in [5, 5.41) is 9.01. The van der Waals surface area contributed by atoms with Gasteiger partial charge in [-0.15, -0.1) is 0 Å². The lowest BCUT2D eigenvalue weighted by molar-refractivity contribution is 0.220. The average molecular weight is 192 g/mol. The molecule has 0 spiro atoms. The highest BCUT2D eigenvalue weighted by Gasteiger charge is 2.21. The summed E-state index contributed by atoms with van der Waals surface area (Å²) in [5.74, 6) is 0.483. The van der Waals surface area contributed by atoms with E-state index in [1.165, 1.54) is 5.56 Å². The molecule has 1 aromatic rings. The second-order valence-corrected chi connectivity index (χ2v) is 3.93. The number of aliphatic hydroxyl groups is 1. The van der Waals surface area contributed by atoms with E-state index in [1.54, 1.807) is 0 Å². The Morgan fingerprint density at radius 3 is 2.86 bits per heavy atom. The lowest BCUT2D eigenvalue weighted by Crippen LogP contribution is -2.20. The maximum atomic E-state index is 9.01. The van der Waals surface area contributed by atoms with Crippen molar-refractivity contribution in [3.63, 3.8) is 0 Å². The molecule has 1 aliphatic heterocycles. The predicted octanol–water partition coefficient (Wildman–Crippen LogP) is 0.896. The Morgan fingerprint density at radius 1 is 1.43 bits per heavy atom. The molecule has 14 heavy (non-hydrogen) atoms. The number of likely N-dealkylation sites (tertiary alicyclic amines) is 1. The quantitative estimate of drug-likeness (QED) is 0.773. The zero-order chi connectivity index (χ0) is 9.80. The summed E-state index contributed by atoms with van der Waals surface area (Å²) in [4.78, 5) is 6.38. The van der Waals surface area contributed by atoms with Gasteiger partial charge in [-0.05, 0) is 36.6 Å². The van der Waals surface area contributed by atoms with Gasteiger partial charge in [-0.2, -0.15) is 0 Å². The second-order valence-electron chi connectivity index (χ2n) is 3.93. The van der Waals surface area contributed by atoms with E-state index in [0.717, 1.165) is 26.1 Å². The molecule has 0 radical (unpaired) electrons. The highest BCUT2D eigenvalue weighted by atomic mass is 16.3. The number of aliphatic hydroxyl groups excluding tert-OH is 1. The molecule has 3 heteroatoms. The lowest BCUT2D eigenvalue weighted by Gasteiger charge is -2.15. The first-order valence-corrected chi connectivity index (χ1v) is 5.10. The number of aromatic nitrogens is 1. The Balaban J connectivity index is 1.88. The van der Waals surface area contributed by atoms with E-state index in [-0.39, 0.29) is 0 Å². The van der Waals surface area contributed by atoms with E-state index in [9.17, 15) is 0 Å². The van der Waals surface area contributed by atoms with E-state index in [2.05, 4.69) is 9.88 Å². The molecule has 1 N–H and O–H groups in total. The van der Waals surface area contributed by atoms with Crippen molar-refractivity contribution >= 4 is 0 Å². The van der Waals surface area contributed by atoms with Gasteiger partial charge in [-0.1, -0.05) is 0 Å². The molecule has 1 fully saturated rings. The summed E-state index contributed by atoms with van der Waals surface area (Å²) >= 11 is 0. The maximum Gasteiger partial charge on any atom is 0.0471 e. The smallest absolute Gasteiger partial charge is 0.0471 e. The molecule has 2 heterocycles.